The van der Waals surface area contributed by atoms with E-state index >= 15 is 0 Å². The predicted octanol–water partition coefficient (Wildman–Crippen LogP) is 4.14. The highest BCUT2D eigenvalue weighted by Gasteiger charge is 2.28. The number of aryl methyl sites for hydroxylation is 1. The summed E-state index contributed by atoms with van der Waals surface area (Å²) in [6.07, 6.45) is -3.10. The van der Waals surface area contributed by atoms with E-state index in [-0.39, 0.29) is 11.8 Å². The van der Waals surface area contributed by atoms with Gasteiger partial charge in [-0.2, -0.15) is 13.2 Å². The number of amides is 1. The highest BCUT2D eigenvalue weighted by molar-refractivity contribution is 5.98. The SMILES string of the molecule is C[C@@H](NC(=O)c1cc2ccc(F)cc2n1C)c1ccc(OCC(F)(F)F)nc1. The highest BCUT2D eigenvalue weighted by atomic mass is 19.4. The monoisotopic (exact) mass is 395 g/mol. The van der Waals surface area contributed by atoms with Crippen LogP contribution in [-0.4, -0.2) is 28.2 Å². The Morgan fingerprint density at radius 2 is 2.00 bits per heavy atom. The number of hydrogen-bond donors (Lipinski definition) is 1. The average molecular weight is 395 g/mol. The van der Waals surface area contributed by atoms with Crippen LogP contribution in [0.15, 0.2) is 42.6 Å². The summed E-state index contributed by atoms with van der Waals surface area (Å²) in [6, 6.07) is 8.30. The molecular formula is C19H17F4N3O2. The molecule has 1 N–H and O–H groups in total. The van der Waals surface area contributed by atoms with Crippen LogP contribution in [0.5, 0.6) is 5.88 Å². The van der Waals surface area contributed by atoms with E-state index in [2.05, 4.69) is 15.0 Å². The van der Waals surface area contributed by atoms with Crippen molar-refractivity contribution in [2.45, 2.75) is 19.1 Å². The summed E-state index contributed by atoms with van der Waals surface area (Å²) in [5.74, 6) is -0.924. The van der Waals surface area contributed by atoms with Crippen LogP contribution in [0, 0.1) is 5.82 Å². The number of hydrogen-bond acceptors (Lipinski definition) is 3. The summed E-state index contributed by atoms with van der Waals surface area (Å²) in [4.78, 5) is 16.4. The van der Waals surface area contributed by atoms with Gasteiger partial charge in [0, 0.05) is 24.7 Å². The number of nitrogens with one attached hydrogen (secondary N) is 1. The van der Waals surface area contributed by atoms with Crippen LogP contribution < -0.4 is 10.1 Å². The molecule has 0 aliphatic rings. The Labute approximate surface area is 157 Å². The van der Waals surface area contributed by atoms with E-state index in [0.29, 0.717) is 16.8 Å². The molecule has 0 fully saturated rings. The van der Waals surface area contributed by atoms with Gasteiger partial charge in [0.15, 0.2) is 6.61 Å². The van der Waals surface area contributed by atoms with E-state index in [9.17, 15) is 22.4 Å². The van der Waals surface area contributed by atoms with Crippen molar-refractivity contribution in [1.82, 2.24) is 14.9 Å². The molecule has 0 aliphatic carbocycles. The van der Waals surface area contributed by atoms with E-state index in [0.717, 1.165) is 5.39 Å². The van der Waals surface area contributed by atoms with Gasteiger partial charge in [0.1, 0.15) is 11.5 Å². The van der Waals surface area contributed by atoms with E-state index in [1.54, 1.807) is 30.7 Å². The number of benzene rings is 1. The first-order valence-electron chi connectivity index (χ1n) is 8.35. The van der Waals surface area contributed by atoms with Crippen molar-refractivity contribution in [1.29, 1.82) is 0 Å². The van der Waals surface area contributed by atoms with Crippen molar-refractivity contribution >= 4 is 16.8 Å². The van der Waals surface area contributed by atoms with Crippen LogP contribution in [0.4, 0.5) is 17.6 Å². The molecule has 1 amide bonds. The second-order valence-corrected chi connectivity index (χ2v) is 6.32. The molecule has 1 atom stereocenters. The molecule has 9 heteroatoms. The van der Waals surface area contributed by atoms with Gasteiger partial charge in [-0.3, -0.25) is 4.79 Å². The van der Waals surface area contributed by atoms with Crippen molar-refractivity contribution in [2.75, 3.05) is 6.61 Å². The number of nitrogens with zero attached hydrogens (tertiary/aromatic N) is 2. The van der Waals surface area contributed by atoms with Gasteiger partial charge in [-0.15, -0.1) is 0 Å². The maximum atomic E-state index is 13.4. The summed E-state index contributed by atoms with van der Waals surface area (Å²) in [5, 5.41) is 3.52. The zero-order valence-corrected chi connectivity index (χ0v) is 15.0. The molecular weight excluding hydrogens is 378 g/mol. The second kappa shape index (κ2) is 7.49. The topological polar surface area (TPSA) is 56.2 Å². The van der Waals surface area contributed by atoms with Crippen LogP contribution in [0.25, 0.3) is 10.9 Å². The predicted molar refractivity (Wildman–Crippen MR) is 94.5 cm³/mol. The molecule has 3 aromatic rings. The Hall–Kier alpha value is -3.10. The summed E-state index contributed by atoms with van der Waals surface area (Å²) in [7, 11) is 1.66. The molecule has 0 aliphatic heterocycles. The molecule has 3 rings (SSSR count). The Balaban J connectivity index is 1.70. The maximum absolute atomic E-state index is 13.4. The Kier molecular flexibility index (Phi) is 5.26. The number of carbonyl (C=O) groups excluding carboxylic acids is 1. The number of alkyl halides is 3. The Morgan fingerprint density at radius 1 is 1.25 bits per heavy atom. The average Bonchev–Trinajstić information content (AvgIpc) is 2.96. The fourth-order valence-corrected chi connectivity index (χ4v) is 2.76. The van der Waals surface area contributed by atoms with Crippen LogP contribution in [0.2, 0.25) is 0 Å². The molecule has 0 spiro atoms. The molecule has 1 aromatic carbocycles. The van der Waals surface area contributed by atoms with Crippen molar-refractivity contribution in [3.63, 3.8) is 0 Å². The van der Waals surface area contributed by atoms with Gasteiger partial charge in [-0.25, -0.2) is 9.37 Å². The fourth-order valence-electron chi connectivity index (χ4n) is 2.76. The van der Waals surface area contributed by atoms with E-state index < -0.39 is 24.6 Å². The minimum Gasteiger partial charge on any atom is -0.468 e. The molecule has 0 radical (unpaired) electrons. The first kappa shape index (κ1) is 19.7. The summed E-state index contributed by atoms with van der Waals surface area (Å²) < 4.78 is 56.1. The minimum atomic E-state index is -4.44. The standard InChI is InChI=1S/C19H17F4N3O2/c1-11(13-4-6-17(24-9-13)28-10-19(21,22)23)25-18(27)16-7-12-3-5-14(20)8-15(12)26(16)2/h3-9,11H,10H2,1-2H3,(H,25,27)/t11-/m1/s1. The summed E-state index contributed by atoms with van der Waals surface area (Å²) in [5.41, 5.74) is 1.54. The summed E-state index contributed by atoms with van der Waals surface area (Å²) >= 11 is 0. The van der Waals surface area contributed by atoms with Gasteiger partial charge in [0.25, 0.3) is 5.91 Å². The molecule has 0 bridgehead atoms. The highest BCUT2D eigenvalue weighted by Crippen LogP contribution is 2.22. The summed E-state index contributed by atoms with van der Waals surface area (Å²) in [6.45, 7) is 0.292. The quantitative estimate of drug-likeness (QED) is 0.661. The number of carbonyl (C=O) groups is 1. The largest absolute Gasteiger partial charge is 0.468 e. The zero-order chi connectivity index (χ0) is 20.5. The normalized spacial score (nSPS) is 12.8. The van der Waals surface area contributed by atoms with E-state index in [4.69, 9.17) is 0 Å². The van der Waals surface area contributed by atoms with Crippen LogP contribution in [-0.2, 0) is 7.05 Å². The van der Waals surface area contributed by atoms with Crippen LogP contribution in [0.1, 0.15) is 29.0 Å². The molecule has 2 aromatic heterocycles. The van der Waals surface area contributed by atoms with Crippen molar-refractivity contribution in [2.24, 2.45) is 7.05 Å². The van der Waals surface area contributed by atoms with Crippen LogP contribution >= 0.6 is 0 Å². The Morgan fingerprint density at radius 3 is 2.64 bits per heavy atom. The van der Waals surface area contributed by atoms with Crippen molar-refractivity contribution in [3.05, 3.63) is 59.7 Å². The smallest absolute Gasteiger partial charge is 0.422 e. The molecule has 28 heavy (non-hydrogen) atoms. The van der Waals surface area contributed by atoms with Gasteiger partial charge >= 0.3 is 6.18 Å². The third-order valence-corrected chi connectivity index (χ3v) is 4.23. The van der Waals surface area contributed by atoms with Gasteiger partial charge in [0.05, 0.1) is 11.6 Å². The number of rotatable bonds is 5. The lowest BCUT2D eigenvalue weighted by molar-refractivity contribution is -0.154. The van der Waals surface area contributed by atoms with E-state index in [1.807, 2.05) is 0 Å². The van der Waals surface area contributed by atoms with E-state index in [1.165, 1.54) is 30.5 Å². The molecule has 148 valence electrons. The first-order valence-corrected chi connectivity index (χ1v) is 8.35. The minimum absolute atomic E-state index is 0.157. The zero-order valence-electron chi connectivity index (χ0n) is 15.0. The van der Waals surface area contributed by atoms with Crippen molar-refractivity contribution < 1.29 is 27.1 Å². The third kappa shape index (κ3) is 4.41. The number of halogens is 4. The number of fused-ring (bicyclic) bond motifs is 1. The van der Waals surface area contributed by atoms with Crippen molar-refractivity contribution in [3.8, 4) is 5.88 Å². The van der Waals surface area contributed by atoms with Crippen LogP contribution in [0.3, 0.4) is 0 Å². The number of ether oxygens (including phenoxy) is 1. The first-order chi connectivity index (χ1) is 13.1. The molecule has 0 unspecified atom stereocenters. The van der Waals surface area contributed by atoms with Gasteiger partial charge in [-0.1, -0.05) is 6.07 Å². The maximum Gasteiger partial charge on any atom is 0.422 e. The fraction of sp³-hybridized carbons (Fsp3) is 0.263. The molecule has 0 saturated carbocycles. The third-order valence-electron chi connectivity index (χ3n) is 4.23. The number of pyridine rings is 1. The lowest BCUT2D eigenvalue weighted by Crippen LogP contribution is -2.28. The van der Waals surface area contributed by atoms with Gasteiger partial charge in [0.2, 0.25) is 5.88 Å². The van der Waals surface area contributed by atoms with Gasteiger partial charge in [-0.05, 0) is 36.8 Å². The number of aromatic nitrogens is 2. The second-order valence-electron chi connectivity index (χ2n) is 6.32. The lowest BCUT2D eigenvalue weighted by Gasteiger charge is -2.15. The molecule has 2 heterocycles. The molecule has 0 saturated heterocycles. The lowest BCUT2D eigenvalue weighted by atomic mass is 10.1. The van der Waals surface area contributed by atoms with Gasteiger partial charge < -0.3 is 14.6 Å². The molecule has 5 nitrogen and oxygen atoms in total. The Bertz CT molecular complexity index is 997.